The Bertz CT molecular complexity index is 207. The highest BCUT2D eigenvalue weighted by Crippen LogP contribution is 2.24. The molecule has 0 radical (unpaired) electrons. The van der Waals surface area contributed by atoms with Crippen LogP contribution in [0.25, 0.3) is 0 Å². The Hall–Kier alpha value is -1.32. The van der Waals surface area contributed by atoms with Crippen LogP contribution in [0, 0.1) is 11.8 Å². The third-order valence-corrected chi connectivity index (χ3v) is 2.05. The zero-order valence-corrected chi connectivity index (χ0v) is 6.40. The van der Waals surface area contributed by atoms with Crippen molar-refractivity contribution < 1.29 is 19.8 Å². The second-order valence-corrected chi connectivity index (χ2v) is 2.81. The number of carbonyl (C=O) groups is 2. The van der Waals surface area contributed by atoms with E-state index < -0.39 is 23.8 Å². The van der Waals surface area contributed by atoms with Gasteiger partial charge < -0.3 is 15.0 Å². The van der Waals surface area contributed by atoms with E-state index in [4.69, 9.17) is 5.11 Å². The van der Waals surface area contributed by atoms with Crippen molar-refractivity contribution in [2.75, 3.05) is 0 Å². The Morgan fingerprint density at radius 2 is 1.75 bits per heavy atom. The molecule has 2 atom stereocenters. The number of rotatable bonds is 2. The van der Waals surface area contributed by atoms with E-state index in [1.165, 1.54) is 0 Å². The molecular formula is C8H9O4-. The Morgan fingerprint density at radius 1 is 1.25 bits per heavy atom. The van der Waals surface area contributed by atoms with Gasteiger partial charge in [-0.25, -0.2) is 0 Å². The molecule has 0 heterocycles. The Labute approximate surface area is 69.5 Å². The molecule has 0 aromatic heterocycles. The van der Waals surface area contributed by atoms with Crippen molar-refractivity contribution in [3.8, 4) is 0 Å². The standard InChI is InChI=1S/C8H10O4/c9-7(10)5-3-1-2-4-6(5)8(11)12/h1-2,5-6H,3-4H2,(H,9,10)(H,11,12)/p-1/t5-,6?/m1/s1. The molecule has 0 saturated carbocycles. The maximum atomic E-state index is 10.5. The van der Waals surface area contributed by atoms with E-state index in [1.54, 1.807) is 12.2 Å². The third kappa shape index (κ3) is 1.64. The predicted octanol–water partition coefficient (Wildman–Crippen LogP) is -0.597. The molecule has 0 amide bonds. The first kappa shape index (κ1) is 8.77. The van der Waals surface area contributed by atoms with Crippen LogP contribution in [0.15, 0.2) is 12.2 Å². The summed E-state index contributed by atoms with van der Waals surface area (Å²) in [6, 6.07) is 0. The first-order chi connectivity index (χ1) is 5.63. The fourth-order valence-corrected chi connectivity index (χ4v) is 1.35. The van der Waals surface area contributed by atoms with Crippen molar-refractivity contribution in [2.24, 2.45) is 11.8 Å². The summed E-state index contributed by atoms with van der Waals surface area (Å²) in [7, 11) is 0. The molecule has 1 rings (SSSR count). The fraction of sp³-hybridized carbons (Fsp3) is 0.500. The summed E-state index contributed by atoms with van der Waals surface area (Å²) in [6.07, 6.45) is 3.92. The van der Waals surface area contributed by atoms with E-state index in [0.717, 1.165) is 0 Å². The van der Waals surface area contributed by atoms with Gasteiger partial charge in [0.15, 0.2) is 0 Å². The summed E-state index contributed by atoms with van der Waals surface area (Å²) in [6.45, 7) is 0. The lowest BCUT2D eigenvalue weighted by Gasteiger charge is -2.25. The molecule has 0 aromatic rings. The van der Waals surface area contributed by atoms with E-state index >= 15 is 0 Å². The lowest BCUT2D eigenvalue weighted by atomic mass is 9.83. The van der Waals surface area contributed by atoms with Crippen molar-refractivity contribution in [3.05, 3.63) is 12.2 Å². The highest BCUT2D eigenvalue weighted by molar-refractivity contribution is 5.79. The van der Waals surface area contributed by atoms with Crippen LogP contribution in [0.5, 0.6) is 0 Å². The van der Waals surface area contributed by atoms with Crippen molar-refractivity contribution >= 4 is 11.9 Å². The average Bonchev–Trinajstić information content (AvgIpc) is 2.04. The van der Waals surface area contributed by atoms with Gasteiger partial charge in [0.2, 0.25) is 0 Å². The molecule has 0 saturated heterocycles. The number of carboxylic acid groups (broad SMARTS) is 2. The highest BCUT2D eigenvalue weighted by atomic mass is 16.4. The number of carbonyl (C=O) groups excluding carboxylic acids is 1. The minimum absolute atomic E-state index is 0.263. The summed E-state index contributed by atoms with van der Waals surface area (Å²) in [5.41, 5.74) is 0. The molecule has 0 fully saturated rings. The zero-order chi connectivity index (χ0) is 9.14. The van der Waals surface area contributed by atoms with Gasteiger partial charge in [0.1, 0.15) is 0 Å². The summed E-state index contributed by atoms with van der Waals surface area (Å²) >= 11 is 0. The van der Waals surface area contributed by atoms with Gasteiger partial charge in [-0.3, -0.25) is 4.79 Å². The first-order valence-electron chi connectivity index (χ1n) is 3.71. The molecule has 0 spiro atoms. The van der Waals surface area contributed by atoms with Gasteiger partial charge in [0, 0.05) is 11.9 Å². The molecule has 4 heteroatoms. The number of aliphatic carboxylic acids is 2. The zero-order valence-electron chi connectivity index (χ0n) is 6.40. The van der Waals surface area contributed by atoms with Crippen LogP contribution < -0.4 is 5.11 Å². The summed E-state index contributed by atoms with van der Waals surface area (Å²) in [5, 5.41) is 19.1. The smallest absolute Gasteiger partial charge is 0.307 e. The molecule has 66 valence electrons. The van der Waals surface area contributed by atoms with E-state index in [-0.39, 0.29) is 12.8 Å². The number of allylic oxidation sites excluding steroid dienone is 2. The molecule has 12 heavy (non-hydrogen) atoms. The predicted molar refractivity (Wildman–Crippen MR) is 38.0 cm³/mol. The fourth-order valence-electron chi connectivity index (χ4n) is 1.35. The van der Waals surface area contributed by atoms with Crippen molar-refractivity contribution in [3.63, 3.8) is 0 Å². The van der Waals surface area contributed by atoms with E-state index in [1.807, 2.05) is 0 Å². The maximum absolute atomic E-state index is 10.5. The molecule has 1 aliphatic rings. The first-order valence-corrected chi connectivity index (χ1v) is 3.71. The maximum Gasteiger partial charge on any atom is 0.307 e. The van der Waals surface area contributed by atoms with Gasteiger partial charge in [-0.15, -0.1) is 0 Å². The van der Waals surface area contributed by atoms with Gasteiger partial charge >= 0.3 is 5.97 Å². The Morgan fingerprint density at radius 3 is 2.08 bits per heavy atom. The Kier molecular flexibility index (Phi) is 2.47. The van der Waals surface area contributed by atoms with Crippen molar-refractivity contribution in [1.29, 1.82) is 0 Å². The van der Waals surface area contributed by atoms with Crippen LogP contribution >= 0.6 is 0 Å². The highest BCUT2D eigenvalue weighted by Gasteiger charge is 2.29. The van der Waals surface area contributed by atoms with Gasteiger partial charge in [-0.1, -0.05) is 12.2 Å². The molecule has 0 aromatic carbocycles. The molecular weight excluding hydrogens is 160 g/mol. The SMILES string of the molecule is O=C(O)C1CC=CC[C@H]1C(=O)[O-]. The molecule has 1 unspecified atom stereocenters. The Balaban J connectivity index is 2.76. The lowest BCUT2D eigenvalue weighted by molar-refractivity contribution is -0.313. The molecule has 0 bridgehead atoms. The molecule has 1 aliphatic carbocycles. The minimum atomic E-state index is -1.27. The topological polar surface area (TPSA) is 77.4 Å². The van der Waals surface area contributed by atoms with E-state index in [2.05, 4.69) is 0 Å². The van der Waals surface area contributed by atoms with Crippen LogP contribution in [-0.4, -0.2) is 17.0 Å². The van der Waals surface area contributed by atoms with Crippen LogP contribution in [0.3, 0.4) is 0 Å². The van der Waals surface area contributed by atoms with Crippen LogP contribution in [-0.2, 0) is 9.59 Å². The molecule has 1 N–H and O–H groups in total. The number of hydrogen-bond acceptors (Lipinski definition) is 3. The average molecular weight is 169 g/mol. The summed E-state index contributed by atoms with van der Waals surface area (Å²) < 4.78 is 0. The normalized spacial score (nSPS) is 28.3. The van der Waals surface area contributed by atoms with Gasteiger partial charge in [-0.2, -0.15) is 0 Å². The third-order valence-electron chi connectivity index (χ3n) is 2.05. The number of hydrogen-bond donors (Lipinski definition) is 1. The number of carboxylic acids is 2. The van der Waals surface area contributed by atoms with Crippen molar-refractivity contribution in [1.82, 2.24) is 0 Å². The molecule has 0 aliphatic heterocycles. The van der Waals surface area contributed by atoms with Crippen LogP contribution in [0.1, 0.15) is 12.8 Å². The minimum Gasteiger partial charge on any atom is -0.550 e. The largest absolute Gasteiger partial charge is 0.550 e. The monoisotopic (exact) mass is 169 g/mol. The molecule has 4 nitrogen and oxygen atoms in total. The van der Waals surface area contributed by atoms with Gasteiger partial charge in [0.05, 0.1) is 5.92 Å². The quantitative estimate of drug-likeness (QED) is 0.560. The van der Waals surface area contributed by atoms with E-state index in [0.29, 0.717) is 0 Å². The van der Waals surface area contributed by atoms with E-state index in [9.17, 15) is 14.7 Å². The second-order valence-electron chi connectivity index (χ2n) is 2.81. The second kappa shape index (κ2) is 3.38. The summed E-state index contributed by atoms with van der Waals surface area (Å²) in [5.74, 6) is -4.02. The van der Waals surface area contributed by atoms with Crippen molar-refractivity contribution in [2.45, 2.75) is 12.8 Å². The summed E-state index contributed by atoms with van der Waals surface area (Å²) in [4.78, 5) is 21.0. The van der Waals surface area contributed by atoms with Gasteiger partial charge in [0.25, 0.3) is 0 Å². The van der Waals surface area contributed by atoms with Gasteiger partial charge in [-0.05, 0) is 12.8 Å². The lowest BCUT2D eigenvalue weighted by Crippen LogP contribution is -2.39. The van der Waals surface area contributed by atoms with Crippen LogP contribution in [0.4, 0.5) is 0 Å². The van der Waals surface area contributed by atoms with Crippen LogP contribution in [0.2, 0.25) is 0 Å².